The zero-order chi connectivity index (χ0) is 18.5. The summed E-state index contributed by atoms with van der Waals surface area (Å²) in [7, 11) is 3.83. The standard InChI is InChI=1S/C19H34N6O/c1-14-18(15(2)24(4)23-14)11-21-19(20-3)22-17-5-8-25(9-6-17)12-16-7-10-26-13-16/h16-17H,5-13H2,1-4H3,(H2,20,21,22). The van der Waals surface area contributed by atoms with Gasteiger partial charge in [0.1, 0.15) is 0 Å². The molecule has 2 aliphatic rings. The molecule has 1 aromatic heterocycles. The van der Waals surface area contributed by atoms with E-state index < -0.39 is 0 Å². The molecule has 0 amide bonds. The van der Waals surface area contributed by atoms with Crippen molar-refractivity contribution in [3.8, 4) is 0 Å². The first-order valence-corrected chi connectivity index (χ1v) is 9.83. The van der Waals surface area contributed by atoms with Gasteiger partial charge in [0.25, 0.3) is 0 Å². The van der Waals surface area contributed by atoms with Crippen molar-refractivity contribution in [3.05, 3.63) is 17.0 Å². The second-order valence-electron chi connectivity index (χ2n) is 7.65. The number of hydrogen-bond acceptors (Lipinski definition) is 4. The van der Waals surface area contributed by atoms with Crippen LogP contribution in [0.4, 0.5) is 0 Å². The summed E-state index contributed by atoms with van der Waals surface area (Å²) in [5.41, 5.74) is 3.54. The molecule has 0 aliphatic carbocycles. The van der Waals surface area contributed by atoms with Crippen LogP contribution in [0, 0.1) is 19.8 Å². The van der Waals surface area contributed by atoms with Crippen molar-refractivity contribution in [2.75, 3.05) is 39.9 Å². The molecule has 1 atom stereocenters. The van der Waals surface area contributed by atoms with Crippen LogP contribution in [0.1, 0.15) is 36.2 Å². The van der Waals surface area contributed by atoms with Gasteiger partial charge in [0.2, 0.25) is 0 Å². The lowest BCUT2D eigenvalue weighted by Gasteiger charge is -2.34. The Morgan fingerprint density at radius 3 is 2.62 bits per heavy atom. The molecule has 2 saturated heterocycles. The molecule has 3 heterocycles. The number of nitrogens with zero attached hydrogens (tertiary/aromatic N) is 4. The number of likely N-dealkylation sites (tertiary alicyclic amines) is 1. The van der Waals surface area contributed by atoms with E-state index in [1.807, 2.05) is 18.8 Å². The zero-order valence-electron chi connectivity index (χ0n) is 16.7. The molecule has 1 unspecified atom stereocenters. The van der Waals surface area contributed by atoms with E-state index >= 15 is 0 Å². The van der Waals surface area contributed by atoms with Gasteiger partial charge < -0.3 is 20.3 Å². The van der Waals surface area contributed by atoms with Crippen molar-refractivity contribution in [3.63, 3.8) is 0 Å². The van der Waals surface area contributed by atoms with Crippen LogP contribution < -0.4 is 10.6 Å². The minimum Gasteiger partial charge on any atom is -0.381 e. The van der Waals surface area contributed by atoms with Gasteiger partial charge in [-0.15, -0.1) is 0 Å². The first-order valence-electron chi connectivity index (χ1n) is 9.83. The van der Waals surface area contributed by atoms with Crippen LogP contribution >= 0.6 is 0 Å². The van der Waals surface area contributed by atoms with E-state index in [0.29, 0.717) is 6.04 Å². The molecular formula is C19H34N6O. The molecule has 1 aromatic rings. The van der Waals surface area contributed by atoms with Crippen molar-refractivity contribution in [1.29, 1.82) is 0 Å². The van der Waals surface area contributed by atoms with Gasteiger partial charge in [-0.2, -0.15) is 5.10 Å². The molecule has 3 rings (SSSR count). The summed E-state index contributed by atoms with van der Waals surface area (Å²) < 4.78 is 7.44. The Kier molecular flexibility index (Phi) is 6.53. The normalized spacial score (nSPS) is 22.8. The Morgan fingerprint density at radius 1 is 1.27 bits per heavy atom. The fraction of sp³-hybridized carbons (Fsp3) is 0.789. The minimum absolute atomic E-state index is 0.494. The van der Waals surface area contributed by atoms with Crippen molar-refractivity contribution < 1.29 is 4.74 Å². The Labute approximate surface area is 157 Å². The van der Waals surface area contributed by atoms with Crippen LogP contribution in [0.5, 0.6) is 0 Å². The maximum absolute atomic E-state index is 5.50. The second-order valence-corrected chi connectivity index (χ2v) is 7.65. The number of aryl methyl sites for hydroxylation is 2. The molecule has 146 valence electrons. The van der Waals surface area contributed by atoms with Gasteiger partial charge >= 0.3 is 0 Å². The average Bonchev–Trinajstić information content (AvgIpc) is 3.22. The maximum Gasteiger partial charge on any atom is 0.191 e. The van der Waals surface area contributed by atoms with Gasteiger partial charge in [-0.05, 0) is 39.0 Å². The highest BCUT2D eigenvalue weighted by Gasteiger charge is 2.24. The van der Waals surface area contributed by atoms with Gasteiger partial charge in [0.05, 0.1) is 12.3 Å². The van der Waals surface area contributed by atoms with Crippen LogP contribution in [0.3, 0.4) is 0 Å². The summed E-state index contributed by atoms with van der Waals surface area (Å²) in [4.78, 5) is 7.00. The SMILES string of the molecule is CN=C(NCc1c(C)nn(C)c1C)NC1CCN(CC2CCOC2)CC1. The van der Waals surface area contributed by atoms with E-state index in [4.69, 9.17) is 4.74 Å². The summed E-state index contributed by atoms with van der Waals surface area (Å²) in [5, 5.41) is 11.5. The number of aliphatic imine (C=N–C) groups is 1. The van der Waals surface area contributed by atoms with Gasteiger partial charge in [-0.3, -0.25) is 9.67 Å². The van der Waals surface area contributed by atoms with Crippen LogP contribution in [0.2, 0.25) is 0 Å². The van der Waals surface area contributed by atoms with E-state index in [-0.39, 0.29) is 0 Å². The third-order valence-electron chi connectivity index (χ3n) is 5.78. The number of ether oxygens (including phenoxy) is 1. The Bertz CT molecular complexity index is 612. The smallest absolute Gasteiger partial charge is 0.191 e. The van der Waals surface area contributed by atoms with E-state index in [0.717, 1.165) is 50.4 Å². The zero-order valence-corrected chi connectivity index (χ0v) is 16.7. The molecule has 7 nitrogen and oxygen atoms in total. The van der Waals surface area contributed by atoms with Gasteiger partial charge in [0, 0.05) is 64.2 Å². The van der Waals surface area contributed by atoms with E-state index in [1.54, 1.807) is 0 Å². The predicted molar refractivity (Wildman–Crippen MR) is 104 cm³/mol. The lowest BCUT2D eigenvalue weighted by atomic mass is 10.0. The third kappa shape index (κ3) is 4.76. The number of piperidine rings is 1. The summed E-state index contributed by atoms with van der Waals surface area (Å²) in [6, 6.07) is 0.494. The molecule has 0 saturated carbocycles. The lowest BCUT2D eigenvalue weighted by molar-refractivity contribution is 0.150. The molecule has 26 heavy (non-hydrogen) atoms. The molecule has 2 N–H and O–H groups in total. The summed E-state index contributed by atoms with van der Waals surface area (Å²) in [5.74, 6) is 1.62. The number of aromatic nitrogens is 2. The van der Waals surface area contributed by atoms with E-state index in [2.05, 4.69) is 39.5 Å². The number of nitrogens with one attached hydrogen (secondary N) is 2. The highest BCUT2D eigenvalue weighted by molar-refractivity contribution is 5.80. The maximum atomic E-state index is 5.50. The molecule has 2 aliphatic heterocycles. The van der Waals surface area contributed by atoms with Crippen LogP contribution in [0.25, 0.3) is 0 Å². The average molecular weight is 363 g/mol. The molecule has 0 radical (unpaired) electrons. The summed E-state index contributed by atoms with van der Waals surface area (Å²) >= 11 is 0. The molecular weight excluding hydrogens is 328 g/mol. The monoisotopic (exact) mass is 362 g/mol. The lowest BCUT2D eigenvalue weighted by Crippen LogP contribution is -2.49. The van der Waals surface area contributed by atoms with Crippen molar-refractivity contribution >= 4 is 5.96 Å². The van der Waals surface area contributed by atoms with Crippen LogP contribution in [-0.4, -0.2) is 66.6 Å². The van der Waals surface area contributed by atoms with Gasteiger partial charge in [-0.1, -0.05) is 0 Å². The van der Waals surface area contributed by atoms with Gasteiger partial charge in [-0.25, -0.2) is 0 Å². The highest BCUT2D eigenvalue weighted by Crippen LogP contribution is 2.17. The topological polar surface area (TPSA) is 66.7 Å². The second kappa shape index (κ2) is 8.86. The number of guanidine groups is 1. The van der Waals surface area contributed by atoms with Crippen LogP contribution in [0.15, 0.2) is 4.99 Å². The first kappa shape index (κ1) is 19.2. The Balaban J connectivity index is 1.42. The molecule has 0 bridgehead atoms. The van der Waals surface area contributed by atoms with Crippen molar-refractivity contribution in [1.82, 2.24) is 25.3 Å². The molecule has 7 heteroatoms. The molecule has 2 fully saturated rings. The number of hydrogen-bond donors (Lipinski definition) is 2. The fourth-order valence-electron chi connectivity index (χ4n) is 3.99. The Hall–Kier alpha value is -1.60. The summed E-state index contributed by atoms with van der Waals surface area (Å²) in [6.07, 6.45) is 3.56. The van der Waals surface area contributed by atoms with Crippen molar-refractivity contribution in [2.24, 2.45) is 18.0 Å². The largest absolute Gasteiger partial charge is 0.381 e. The summed E-state index contributed by atoms with van der Waals surface area (Å²) in [6.45, 7) is 10.3. The quantitative estimate of drug-likeness (QED) is 0.609. The predicted octanol–water partition coefficient (Wildman–Crippen LogP) is 1.20. The number of rotatable bonds is 5. The fourth-order valence-corrected chi connectivity index (χ4v) is 3.99. The third-order valence-corrected chi connectivity index (χ3v) is 5.78. The molecule has 0 aromatic carbocycles. The minimum atomic E-state index is 0.494. The highest BCUT2D eigenvalue weighted by atomic mass is 16.5. The van der Waals surface area contributed by atoms with E-state index in [9.17, 15) is 0 Å². The van der Waals surface area contributed by atoms with Crippen molar-refractivity contribution in [2.45, 2.75) is 45.7 Å². The molecule has 0 spiro atoms. The first-order chi connectivity index (χ1) is 12.6. The Morgan fingerprint density at radius 2 is 2.04 bits per heavy atom. The van der Waals surface area contributed by atoms with E-state index in [1.165, 1.54) is 37.1 Å². The van der Waals surface area contributed by atoms with Gasteiger partial charge in [0.15, 0.2) is 5.96 Å². The van der Waals surface area contributed by atoms with Crippen LogP contribution in [-0.2, 0) is 18.3 Å².